The van der Waals surface area contributed by atoms with E-state index in [0.29, 0.717) is 0 Å². The summed E-state index contributed by atoms with van der Waals surface area (Å²) in [7, 11) is 0. The molecule has 0 saturated heterocycles. The molecule has 0 bridgehead atoms. The van der Waals surface area contributed by atoms with Crippen molar-refractivity contribution >= 4 is 54.3 Å². The standard InChI is InChI=1S/C48H30O/c1-2-13-31(14-3-1)34-15-12-16-35(29-34)47-40-21-7-5-19-38(40)46(39-20-6-8-22-41(39)47)33-27-25-32(26-28-33)43-30-44-37-18-10-11-24-45(37)49-48(44)42-23-9-4-17-36(42)43/h1-30H. The van der Waals surface area contributed by atoms with Gasteiger partial charge in [-0.3, -0.25) is 0 Å². The lowest BCUT2D eigenvalue weighted by Gasteiger charge is -2.18. The molecule has 0 aliphatic carbocycles. The first-order valence-corrected chi connectivity index (χ1v) is 16.8. The minimum Gasteiger partial charge on any atom is -0.455 e. The highest BCUT2D eigenvalue weighted by Gasteiger charge is 2.18. The molecule has 0 spiro atoms. The lowest BCUT2D eigenvalue weighted by Crippen LogP contribution is -1.91. The van der Waals surface area contributed by atoms with Crippen LogP contribution in [0.1, 0.15) is 0 Å². The zero-order valence-corrected chi connectivity index (χ0v) is 26.7. The second-order valence-electron chi connectivity index (χ2n) is 12.8. The monoisotopic (exact) mass is 622 g/mol. The summed E-state index contributed by atoms with van der Waals surface area (Å²) in [5, 5.41) is 9.66. The van der Waals surface area contributed by atoms with Gasteiger partial charge in [0, 0.05) is 16.2 Å². The third-order valence-corrected chi connectivity index (χ3v) is 10.1. The quantitative estimate of drug-likeness (QED) is 0.178. The van der Waals surface area contributed by atoms with E-state index in [1.807, 2.05) is 6.07 Å². The van der Waals surface area contributed by atoms with Crippen molar-refractivity contribution in [3.63, 3.8) is 0 Å². The van der Waals surface area contributed by atoms with Crippen LogP contribution in [0.3, 0.4) is 0 Å². The van der Waals surface area contributed by atoms with Gasteiger partial charge in [0.15, 0.2) is 0 Å². The molecule has 0 aliphatic rings. The molecule has 49 heavy (non-hydrogen) atoms. The van der Waals surface area contributed by atoms with E-state index in [0.717, 1.165) is 27.3 Å². The van der Waals surface area contributed by atoms with Gasteiger partial charge in [-0.15, -0.1) is 0 Å². The first-order valence-electron chi connectivity index (χ1n) is 16.8. The molecular weight excluding hydrogens is 593 g/mol. The largest absolute Gasteiger partial charge is 0.455 e. The SMILES string of the molecule is c1ccc(-c2cccc(-c3c4ccccc4c(-c4ccc(-c5cc6c7ccccc7oc6c6ccccc56)cc4)c4ccccc34)c2)cc1. The molecule has 0 saturated carbocycles. The van der Waals surface area contributed by atoms with E-state index < -0.39 is 0 Å². The number of furan rings is 1. The van der Waals surface area contributed by atoms with E-state index in [1.54, 1.807) is 0 Å². The smallest absolute Gasteiger partial charge is 0.143 e. The van der Waals surface area contributed by atoms with Crippen LogP contribution in [0.25, 0.3) is 98.8 Å². The number of hydrogen-bond acceptors (Lipinski definition) is 1. The fourth-order valence-electron chi connectivity index (χ4n) is 7.84. The maximum absolute atomic E-state index is 6.39. The number of hydrogen-bond donors (Lipinski definition) is 0. The number of fused-ring (bicyclic) bond motifs is 7. The molecule has 10 aromatic rings. The van der Waals surface area contributed by atoms with Gasteiger partial charge in [0.2, 0.25) is 0 Å². The van der Waals surface area contributed by atoms with Gasteiger partial charge in [-0.1, -0.05) is 164 Å². The zero-order chi connectivity index (χ0) is 32.3. The van der Waals surface area contributed by atoms with Crippen molar-refractivity contribution in [2.24, 2.45) is 0 Å². The maximum Gasteiger partial charge on any atom is 0.143 e. The van der Waals surface area contributed by atoms with Crippen molar-refractivity contribution in [3.05, 3.63) is 182 Å². The second-order valence-corrected chi connectivity index (χ2v) is 12.8. The predicted molar refractivity (Wildman–Crippen MR) is 208 cm³/mol. The zero-order valence-electron chi connectivity index (χ0n) is 26.7. The first kappa shape index (κ1) is 27.7. The second kappa shape index (κ2) is 11.1. The summed E-state index contributed by atoms with van der Waals surface area (Å²) >= 11 is 0. The van der Waals surface area contributed by atoms with Gasteiger partial charge >= 0.3 is 0 Å². The topological polar surface area (TPSA) is 13.1 Å². The normalized spacial score (nSPS) is 11.7. The summed E-state index contributed by atoms with van der Waals surface area (Å²) in [6, 6.07) is 65.8. The van der Waals surface area contributed by atoms with Crippen LogP contribution in [0.4, 0.5) is 0 Å². The Kier molecular flexibility index (Phi) is 6.25. The van der Waals surface area contributed by atoms with Crippen LogP contribution in [0, 0.1) is 0 Å². The Morgan fingerprint density at radius 3 is 1.43 bits per heavy atom. The van der Waals surface area contributed by atoms with E-state index in [1.165, 1.54) is 71.4 Å². The summed E-state index contributed by atoms with van der Waals surface area (Å²) in [5.41, 5.74) is 11.7. The Morgan fingerprint density at radius 2 is 0.755 bits per heavy atom. The molecular formula is C48H30O. The van der Waals surface area contributed by atoms with Gasteiger partial charge in [0.25, 0.3) is 0 Å². The van der Waals surface area contributed by atoms with Crippen molar-refractivity contribution in [2.75, 3.05) is 0 Å². The Morgan fingerprint density at radius 1 is 0.265 bits per heavy atom. The fraction of sp³-hybridized carbons (Fsp3) is 0. The Labute approximate surface area is 284 Å². The van der Waals surface area contributed by atoms with E-state index in [4.69, 9.17) is 4.42 Å². The molecule has 228 valence electrons. The molecule has 1 heterocycles. The molecule has 0 radical (unpaired) electrons. The summed E-state index contributed by atoms with van der Waals surface area (Å²) in [6.07, 6.45) is 0. The molecule has 0 atom stereocenters. The molecule has 1 heteroatoms. The van der Waals surface area contributed by atoms with E-state index in [9.17, 15) is 0 Å². The highest BCUT2D eigenvalue weighted by Crippen LogP contribution is 2.45. The van der Waals surface area contributed by atoms with Crippen LogP contribution in [0.2, 0.25) is 0 Å². The van der Waals surface area contributed by atoms with E-state index >= 15 is 0 Å². The fourth-order valence-corrected chi connectivity index (χ4v) is 7.84. The molecule has 0 fully saturated rings. The van der Waals surface area contributed by atoms with Crippen LogP contribution >= 0.6 is 0 Å². The highest BCUT2D eigenvalue weighted by molar-refractivity contribution is 6.22. The maximum atomic E-state index is 6.39. The Bertz CT molecular complexity index is 2800. The van der Waals surface area contributed by atoms with Crippen molar-refractivity contribution in [2.45, 2.75) is 0 Å². The van der Waals surface area contributed by atoms with Crippen LogP contribution in [0.15, 0.2) is 186 Å². The summed E-state index contributed by atoms with van der Waals surface area (Å²) in [6.45, 7) is 0. The van der Waals surface area contributed by atoms with Gasteiger partial charge in [-0.05, 0) is 89.6 Å². The third kappa shape index (κ3) is 4.40. The summed E-state index contributed by atoms with van der Waals surface area (Å²) < 4.78 is 6.39. The van der Waals surface area contributed by atoms with Gasteiger partial charge in [-0.2, -0.15) is 0 Å². The van der Waals surface area contributed by atoms with Crippen LogP contribution in [0.5, 0.6) is 0 Å². The van der Waals surface area contributed by atoms with Crippen LogP contribution < -0.4 is 0 Å². The van der Waals surface area contributed by atoms with E-state index in [2.05, 4.69) is 176 Å². The summed E-state index contributed by atoms with van der Waals surface area (Å²) in [4.78, 5) is 0. The molecule has 1 aromatic heterocycles. The molecule has 9 aromatic carbocycles. The lowest BCUT2D eigenvalue weighted by atomic mass is 9.85. The minimum atomic E-state index is 0.921. The Hall–Kier alpha value is -6.44. The minimum absolute atomic E-state index is 0.921. The van der Waals surface area contributed by atoms with Crippen molar-refractivity contribution in [3.8, 4) is 44.5 Å². The van der Waals surface area contributed by atoms with E-state index in [-0.39, 0.29) is 0 Å². The van der Waals surface area contributed by atoms with Gasteiger partial charge in [-0.25, -0.2) is 0 Å². The molecule has 0 aliphatic heterocycles. The van der Waals surface area contributed by atoms with Crippen molar-refractivity contribution in [1.29, 1.82) is 0 Å². The Balaban J connectivity index is 1.17. The number of benzene rings is 9. The third-order valence-electron chi connectivity index (χ3n) is 10.1. The van der Waals surface area contributed by atoms with Gasteiger partial charge in [0.05, 0.1) is 0 Å². The van der Waals surface area contributed by atoms with Crippen molar-refractivity contribution < 1.29 is 4.42 Å². The highest BCUT2D eigenvalue weighted by atomic mass is 16.3. The van der Waals surface area contributed by atoms with Crippen molar-refractivity contribution in [1.82, 2.24) is 0 Å². The molecule has 1 nitrogen and oxygen atoms in total. The van der Waals surface area contributed by atoms with Gasteiger partial charge in [0.1, 0.15) is 11.2 Å². The predicted octanol–water partition coefficient (Wildman–Crippen LogP) is 13.7. The van der Waals surface area contributed by atoms with Crippen LogP contribution in [-0.2, 0) is 0 Å². The first-order chi connectivity index (χ1) is 24.3. The molecule has 0 unspecified atom stereocenters. The summed E-state index contributed by atoms with van der Waals surface area (Å²) in [5.74, 6) is 0. The average Bonchev–Trinajstić information content (AvgIpc) is 3.56. The van der Waals surface area contributed by atoms with Gasteiger partial charge < -0.3 is 4.42 Å². The number of rotatable bonds is 4. The average molecular weight is 623 g/mol. The van der Waals surface area contributed by atoms with Crippen LogP contribution in [-0.4, -0.2) is 0 Å². The number of para-hydroxylation sites is 1. The molecule has 0 N–H and O–H groups in total. The molecule has 10 rings (SSSR count). The molecule has 0 amide bonds. The lowest BCUT2D eigenvalue weighted by molar-refractivity contribution is 0.672.